The van der Waals surface area contributed by atoms with Crippen LogP contribution in [0, 0.1) is 5.92 Å². The fourth-order valence-electron chi connectivity index (χ4n) is 3.72. The summed E-state index contributed by atoms with van der Waals surface area (Å²) in [6, 6.07) is 12.0. The van der Waals surface area contributed by atoms with Gasteiger partial charge < -0.3 is 19.7 Å². The van der Waals surface area contributed by atoms with Gasteiger partial charge in [-0.05, 0) is 18.1 Å². The predicted molar refractivity (Wildman–Crippen MR) is 108 cm³/mol. The van der Waals surface area contributed by atoms with Crippen LogP contribution in [0.5, 0.6) is 0 Å². The molecule has 4 rings (SSSR count). The van der Waals surface area contributed by atoms with Crippen LogP contribution in [-0.2, 0) is 9.47 Å². The highest BCUT2D eigenvalue weighted by Gasteiger charge is 2.29. The van der Waals surface area contributed by atoms with E-state index in [2.05, 4.69) is 22.4 Å². The number of hydrogen-bond acceptors (Lipinski definition) is 5. The highest BCUT2D eigenvalue weighted by atomic mass is 35.5. The van der Waals surface area contributed by atoms with E-state index in [9.17, 15) is 4.79 Å². The number of pyridine rings is 1. The van der Waals surface area contributed by atoms with E-state index in [0.29, 0.717) is 55.2 Å². The van der Waals surface area contributed by atoms with Crippen molar-refractivity contribution in [1.29, 1.82) is 0 Å². The van der Waals surface area contributed by atoms with Gasteiger partial charge in [0.1, 0.15) is 5.82 Å². The van der Waals surface area contributed by atoms with Crippen LogP contribution >= 0.6 is 11.6 Å². The van der Waals surface area contributed by atoms with E-state index >= 15 is 0 Å². The fraction of sp³-hybridized carbons (Fsp3) is 0.429. The molecule has 3 heterocycles. The van der Waals surface area contributed by atoms with Crippen LogP contribution in [0.25, 0.3) is 0 Å². The van der Waals surface area contributed by atoms with Crippen LogP contribution in [-0.4, -0.2) is 55.2 Å². The number of nitrogens with one attached hydrogen (secondary N) is 1. The van der Waals surface area contributed by atoms with E-state index < -0.39 is 0 Å². The Bertz CT molecular complexity index is 812. The lowest BCUT2D eigenvalue weighted by Gasteiger charge is -2.27. The number of anilines is 1. The fourth-order valence-corrected chi connectivity index (χ4v) is 3.95. The zero-order valence-electron chi connectivity index (χ0n) is 15.6. The molecule has 0 aliphatic carbocycles. The van der Waals surface area contributed by atoms with Gasteiger partial charge in [0.25, 0.3) is 5.91 Å². The molecule has 0 bridgehead atoms. The van der Waals surface area contributed by atoms with E-state index in [-0.39, 0.29) is 12.0 Å². The van der Waals surface area contributed by atoms with Gasteiger partial charge in [0.15, 0.2) is 0 Å². The minimum absolute atomic E-state index is 0.0578. The largest absolute Gasteiger partial charge is 0.378 e. The maximum Gasteiger partial charge on any atom is 0.255 e. The third-order valence-electron chi connectivity index (χ3n) is 5.26. The zero-order valence-corrected chi connectivity index (χ0v) is 16.4. The van der Waals surface area contributed by atoms with Crippen molar-refractivity contribution in [3.63, 3.8) is 0 Å². The number of hydrogen-bond donors (Lipinski definition) is 1. The first-order valence-corrected chi connectivity index (χ1v) is 10.0. The summed E-state index contributed by atoms with van der Waals surface area (Å²) in [4.78, 5) is 18.7. The highest BCUT2D eigenvalue weighted by Crippen LogP contribution is 2.34. The molecule has 2 unspecified atom stereocenters. The molecule has 28 heavy (non-hydrogen) atoms. The molecule has 2 saturated heterocycles. The van der Waals surface area contributed by atoms with Crippen LogP contribution in [0.2, 0.25) is 5.02 Å². The smallest absolute Gasteiger partial charge is 0.255 e. The molecule has 0 saturated carbocycles. The molecule has 2 atom stereocenters. The molecule has 1 aromatic heterocycles. The van der Waals surface area contributed by atoms with Gasteiger partial charge in [0.05, 0.1) is 29.9 Å². The number of carbonyl (C=O) groups is 1. The third-order valence-corrected chi connectivity index (χ3v) is 5.55. The van der Waals surface area contributed by atoms with Gasteiger partial charge in [0.2, 0.25) is 0 Å². The lowest BCUT2D eigenvalue weighted by atomic mass is 9.95. The molecule has 1 aromatic carbocycles. The van der Waals surface area contributed by atoms with Crippen molar-refractivity contribution >= 4 is 23.3 Å². The molecular formula is C21H24ClN3O3. The second-order valence-corrected chi connectivity index (χ2v) is 7.50. The monoisotopic (exact) mass is 401 g/mol. The SMILES string of the molecule is O=C(c1cnc(NCC2CCOC2c2ccccc2)c(Cl)c1)N1CCOCC1. The predicted octanol–water partition coefficient (Wildman–Crippen LogP) is 3.40. The molecule has 6 nitrogen and oxygen atoms in total. The lowest BCUT2D eigenvalue weighted by molar-refractivity contribution is 0.0302. The first-order valence-electron chi connectivity index (χ1n) is 9.65. The average molecular weight is 402 g/mol. The number of halogens is 1. The molecule has 148 valence electrons. The Morgan fingerprint density at radius 1 is 1.21 bits per heavy atom. The summed E-state index contributed by atoms with van der Waals surface area (Å²) in [6.45, 7) is 3.79. The summed E-state index contributed by atoms with van der Waals surface area (Å²) in [5.41, 5.74) is 1.70. The average Bonchev–Trinajstić information content (AvgIpc) is 3.22. The zero-order chi connectivity index (χ0) is 19.3. The summed E-state index contributed by atoms with van der Waals surface area (Å²) in [6.07, 6.45) is 2.65. The van der Waals surface area contributed by atoms with Crippen molar-refractivity contribution in [2.45, 2.75) is 12.5 Å². The standard InChI is InChI=1S/C21H24ClN3O3/c22-18-12-17(21(26)25-7-10-27-11-8-25)14-24-20(18)23-13-16-6-9-28-19(16)15-4-2-1-3-5-15/h1-5,12,14,16,19H,6-11,13H2,(H,23,24). The van der Waals surface area contributed by atoms with E-state index in [1.807, 2.05) is 18.2 Å². The second-order valence-electron chi connectivity index (χ2n) is 7.09. The van der Waals surface area contributed by atoms with Crippen molar-refractivity contribution in [1.82, 2.24) is 9.88 Å². The quantitative estimate of drug-likeness (QED) is 0.831. The number of rotatable bonds is 5. The van der Waals surface area contributed by atoms with Crippen LogP contribution in [0.3, 0.4) is 0 Å². The summed E-state index contributed by atoms with van der Waals surface area (Å²) in [7, 11) is 0. The van der Waals surface area contributed by atoms with E-state index in [1.165, 1.54) is 5.56 Å². The molecule has 1 N–H and O–H groups in total. The number of amides is 1. The molecule has 2 aliphatic heterocycles. The molecule has 7 heteroatoms. The van der Waals surface area contributed by atoms with Crippen molar-refractivity contribution < 1.29 is 14.3 Å². The van der Waals surface area contributed by atoms with E-state index in [4.69, 9.17) is 21.1 Å². The van der Waals surface area contributed by atoms with Gasteiger partial charge in [0, 0.05) is 38.4 Å². The van der Waals surface area contributed by atoms with Gasteiger partial charge >= 0.3 is 0 Å². The second kappa shape index (κ2) is 8.90. The summed E-state index contributed by atoms with van der Waals surface area (Å²) in [5.74, 6) is 0.881. The molecule has 0 spiro atoms. The molecule has 2 fully saturated rings. The molecule has 1 amide bonds. The number of ether oxygens (including phenoxy) is 2. The molecule has 2 aromatic rings. The summed E-state index contributed by atoms with van der Waals surface area (Å²) >= 11 is 6.40. The summed E-state index contributed by atoms with van der Waals surface area (Å²) < 4.78 is 11.2. The van der Waals surface area contributed by atoms with E-state index in [0.717, 1.165) is 13.0 Å². The van der Waals surface area contributed by atoms with Gasteiger partial charge in [-0.1, -0.05) is 41.9 Å². The van der Waals surface area contributed by atoms with Crippen molar-refractivity contribution in [2.75, 3.05) is 44.8 Å². The minimum atomic E-state index is -0.0578. The van der Waals surface area contributed by atoms with Crippen LogP contribution in [0.15, 0.2) is 42.6 Å². The Labute approximate surface area is 169 Å². The van der Waals surface area contributed by atoms with Gasteiger partial charge in [-0.3, -0.25) is 4.79 Å². The van der Waals surface area contributed by atoms with Gasteiger partial charge in [-0.25, -0.2) is 4.98 Å². The number of benzene rings is 1. The Morgan fingerprint density at radius 2 is 2.00 bits per heavy atom. The Hall–Kier alpha value is -2.15. The normalized spacial score (nSPS) is 22.2. The van der Waals surface area contributed by atoms with Gasteiger partial charge in [-0.15, -0.1) is 0 Å². The van der Waals surface area contributed by atoms with Crippen LogP contribution in [0.1, 0.15) is 28.4 Å². The first-order chi connectivity index (χ1) is 13.7. The minimum Gasteiger partial charge on any atom is -0.378 e. The Balaban J connectivity index is 1.39. The topological polar surface area (TPSA) is 63.7 Å². The Morgan fingerprint density at radius 3 is 2.75 bits per heavy atom. The Kier molecular flexibility index (Phi) is 6.10. The van der Waals surface area contributed by atoms with E-state index in [1.54, 1.807) is 17.2 Å². The van der Waals surface area contributed by atoms with Gasteiger partial charge in [-0.2, -0.15) is 0 Å². The molecular weight excluding hydrogens is 378 g/mol. The number of nitrogens with zero attached hydrogens (tertiary/aromatic N) is 2. The lowest BCUT2D eigenvalue weighted by Crippen LogP contribution is -2.40. The summed E-state index contributed by atoms with van der Waals surface area (Å²) in [5, 5.41) is 3.79. The first kappa shape index (κ1) is 19.2. The molecule has 0 radical (unpaired) electrons. The highest BCUT2D eigenvalue weighted by molar-refractivity contribution is 6.33. The third kappa shape index (κ3) is 4.29. The molecule has 2 aliphatic rings. The van der Waals surface area contributed by atoms with Crippen molar-refractivity contribution in [2.24, 2.45) is 5.92 Å². The van der Waals surface area contributed by atoms with Crippen LogP contribution < -0.4 is 5.32 Å². The maximum atomic E-state index is 12.6. The number of carbonyl (C=O) groups excluding carboxylic acids is 1. The van der Waals surface area contributed by atoms with Crippen molar-refractivity contribution in [3.8, 4) is 0 Å². The number of aromatic nitrogens is 1. The maximum absolute atomic E-state index is 12.6. The number of morpholine rings is 1. The van der Waals surface area contributed by atoms with Crippen LogP contribution in [0.4, 0.5) is 5.82 Å². The van der Waals surface area contributed by atoms with Crippen molar-refractivity contribution in [3.05, 3.63) is 58.7 Å².